The van der Waals surface area contributed by atoms with E-state index in [4.69, 9.17) is 10.5 Å². The summed E-state index contributed by atoms with van der Waals surface area (Å²) in [4.78, 5) is 17.0. The summed E-state index contributed by atoms with van der Waals surface area (Å²) in [5, 5.41) is 3.01. The largest absolute Gasteiger partial charge is 0.369 e. The minimum atomic E-state index is -0.304. The molecule has 1 amide bonds. The predicted octanol–water partition coefficient (Wildman–Crippen LogP) is 1.13. The molecule has 144 valence electrons. The molecule has 0 spiro atoms. The molecule has 2 aliphatic rings. The van der Waals surface area contributed by atoms with Gasteiger partial charge in [-0.25, -0.2) is 0 Å². The van der Waals surface area contributed by atoms with Crippen molar-refractivity contribution < 1.29 is 9.53 Å². The maximum absolute atomic E-state index is 12.1. The van der Waals surface area contributed by atoms with E-state index in [9.17, 15) is 4.79 Å². The molecule has 2 heterocycles. The summed E-state index contributed by atoms with van der Waals surface area (Å²) in [5.41, 5.74) is 8.22. The summed E-state index contributed by atoms with van der Waals surface area (Å²) in [6.07, 6.45) is 2.40. The van der Waals surface area contributed by atoms with Crippen molar-refractivity contribution in [3.05, 3.63) is 29.8 Å². The number of benzene rings is 1. The van der Waals surface area contributed by atoms with Crippen LogP contribution in [0.4, 0.5) is 5.69 Å². The summed E-state index contributed by atoms with van der Waals surface area (Å²) in [7, 11) is 0. The highest BCUT2D eigenvalue weighted by Crippen LogP contribution is 2.19. The van der Waals surface area contributed by atoms with Crippen LogP contribution in [0.25, 0.3) is 0 Å². The fourth-order valence-corrected chi connectivity index (χ4v) is 3.75. The maximum Gasteiger partial charge on any atom is 0.249 e. The molecule has 0 aliphatic carbocycles. The lowest BCUT2D eigenvalue weighted by Crippen LogP contribution is -2.47. The van der Waals surface area contributed by atoms with Gasteiger partial charge < -0.3 is 20.7 Å². The van der Waals surface area contributed by atoms with E-state index in [1.807, 2.05) is 0 Å². The summed E-state index contributed by atoms with van der Waals surface area (Å²) in [5.74, 6) is 0.0187. The Morgan fingerprint density at radius 2 is 2.08 bits per heavy atom. The van der Waals surface area contributed by atoms with Gasteiger partial charge >= 0.3 is 0 Å². The third-order valence-electron chi connectivity index (χ3n) is 5.35. The second-order valence-corrected chi connectivity index (χ2v) is 7.37. The maximum atomic E-state index is 12.1. The van der Waals surface area contributed by atoms with Crippen molar-refractivity contribution in [1.82, 2.24) is 10.2 Å². The molecule has 0 unspecified atom stereocenters. The monoisotopic (exact) mass is 360 g/mol. The average Bonchev–Trinajstić information content (AvgIpc) is 3.15. The zero-order valence-corrected chi connectivity index (χ0v) is 15.8. The molecule has 6 nitrogen and oxygen atoms in total. The molecule has 2 fully saturated rings. The third-order valence-corrected chi connectivity index (χ3v) is 5.35. The lowest BCUT2D eigenvalue weighted by Gasteiger charge is -2.36. The highest BCUT2D eigenvalue weighted by atomic mass is 16.5. The van der Waals surface area contributed by atoms with E-state index in [2.05, 4.69) is 46.3 Å². The molecule has 2 atom stereocenters. The molecule has 2 saturated heterocycles. The van der Waals surface area contributed by atoms with Gasteiger partial charge in [0.15, 0.2) is 0 Å². The smallest absolute Gasteiger partial charge is 0.249 e. The number of carbonyl (C=O) groups is 1. The molecular formula is C20H32N4O2. The summed E-state index contributed by atoms with van der Waals surface area (Å²) in [6.45, 7) is 8.65. The van der Waals surface area contributed by atoms with Crippen LogP contribution in [-0.2, 0) is 9.53 Å². The van der Waals surface area contributed by atoms with Crippen molar-refractivity contribution in [1.29, 1.82) is 0 Å². The van der Waals surface area contributed by atoms with Crippen LogP contribution in [0.3, 0.4) is 0 Å². The molecule has 1 aromatic rings. The molecule has 0 radical (unpaired) electrons. The molecule has 1 aromatic carbocycles. The number of amides is 1. The van der Waals surface area contributed by atoms with Crippen molar-refractivity contribution in [3.63, 3.8) is 0 Å². The zero-order chi connectivity index (χ0) is 18.4. The number of anilines is 1. The Balaban J connectivity index is 1.30. The van der Waals surface area contributed by atoms with E-state index in [-0.39, 0.29) is 18.1 Å². The fraction of sp³-hybridized carbons (Fsp3) is 0.650. The van der Waals surface area contributed by atoms with E-state index in [1.54, 1.807) is 0 Å². The van der Waals surface area contributed by atoms with E-state index >= 15 is 0 Å². The van der Waals surface area contributed by atoms with Gasteiger partial charge in [0.05, 0.1) is 6.10 Å². The normalized spacial score (nSPS) is 24.0. The van der Waals surface area contributed by atoms with Crippen LogP contribution in [0.1, 0.15) is 24.8 Å². The Morgan fingerprint density at radius 1 is 1.27 bits per heavy atom. The minimum Gasteiger partial charge on any atom is -0.369 e. The fourth-order valence-electron chi connectivity index (χ4n) is 3.75. The first kappa shape index (κ1) is 19.1. The molecule has 3 rings (SSSR count). The van der Waals surface area contributed by atoms with Gasteiger partial charge in [0, 0.05) is 45.0 Å². The number of aryl methyl sites for hydroxylation is 1. The zero-order valence-electron chi connectivity index (χ0n) is 15.8. The first-order valence-electron chi connectivity index (χ1n) is 9.83. The van der Waals surface area contributed by atoms with Crippen LogP contribution < -0.4 is 16.0 Å². The number of hydrogen-bond donors (Lipinski definition) is 2. The van der Waals surface area contributed by atoms with Gasteiger partial charge in [-0.15, -0.1) is 0 Å². The van der Waals surface area contributed by atoms with E-state index in [0.29, 0.717) is 13.1 Å². The van der Waals surface area contributed by atoms with Crippen LogP contribution in [0.15, 0.2) is 24.3 Å². The molecule has 3 N–H and O–H groups in total. The van der Waals surface area contributed by atoms with Gasteiger partial charge in [0.2, 0.25) is 5.91 Å². The molecule has 0 bridgehead atoms. The molecule has 0 saturated carbocycles. The molecular weight excluding hydrogens is 328 g/mol. The first-order chi connectivity index (χ1) is 12.7. The molecule has 0 aromatic heterocycles. The van der Waals surface area contributed by atoms with Gasteiger partial charge in [-0.1, -0.05) is 12.1 Å². The van der Waals surface area contributed by atoms with Crippen LogP contribution >= 0.6 is 0 Å². The number of carbonyl (C=O) groups excluding carboxylic acids is 1. The third kappa shape index (κ3) is 5.19. The first-order valence-corrected chi connectivity index (χ1v) is 9.83. The van der Waals surface area contributed by atoms with Gasteiger partial charge in [0.25, 0.3) is 0 Å². The SMILES string of the molecule is Cc1cccc(N2CCN(CCCNC(=O)[C@@H]3CC[C@H](CN)O3)CC2)c1. The Hall–Kier alpha value is -1.63. The van der Waals surface area contributed by atoms with Crippen molar-refractivity contribution in [2.24, 2.45) is 5.73 Å². The number of rotatable bonds is 7. The van der Waals surface area contributed by atoms with Gasteiger partial charge in [0.1, 0.15) is 6.10 Å². The van der Waals surface area contributed by atoms with Crippen LogP contribution in [-0.4, -0.2) is 68.8 Å². The van der Waals surface area contributed by atoms with Gasteiger partial charge in [-0.3, -0.25) is 9.69 Å². The lowest BCUT2D eigenvalue weighted by atomic mass is 10.2. The highest BCUT2D eigenvalue weighted by molar-refractivity contribution is 5.80. The number of nitrogens with two attached hydrogens (primary N) is 1. The van der Waals surface area contributed by atoms with E-state index in [1.165, 1.54) is 11.3 Å². The topological polar surface area (TPSA) is 70.8 Å². The Morgan fingerprint density at radius 3 is 2.77 bits per heavy atom. The summed E-state index contributed by atoms with van der Waals surface area (Å²) >= 11 is 0. The summed E-state index contributed by atoms with van der Waals surface area (Å²) < 4.78 is 5.63. The predicted molar refractivity (Wildman–Crippen MR) is 104 cm³/mol. The average molecular weight is 361 g/mol. The standard InChI is InChI=1S/C20H32N4O2/c1-16-4-2-5-17(14-16)24-12-10-23(11-13-24)9-3-8-22-20(25)19-7-6-18(15-21)26-19/h2,4-5,14,18-19H,3,6-13,15,21H2,1H3,(H,22,25)/t18-,19+/m1/s1. The highest BCUT2D eigenvalue weighted by Gasteiger charge is 2.29. The molecule has 26 heavy (non-hydrogen) atoms. The van der Waals surface area contributed by atoms with E-state index in [0.717, 1.165) is 52.0 Å². The summed E-state index contributed by atoms with van der Waals surface area (Å²) in [6, 6.07) is 8.72. The quantitative estimate of drug-likeness (QED) is 0.714. The van der Waals surface area contributed by atoms with Crippen LogP contribution in [0, 0.1) is 6.92 Å². The van der Waals surface area contributed by atoms with E-state index < -0.39 is 0 Å². The number of nitrogens with one attached hydrogen (secondary N) is 1. The lowest BCUT2D eigenvalue weighted by molar-refractivity contribution is -0.131. The number of ether oxygens (including phenoxy) is 1. The molecule has 2 aliphatic heterocycles. The Kier molecular flexibility index (Phi) is 6.88. The van der Waals surface area contributed by atoms with Crippen molar-refractivity contribution in [2.75, 3.05) is 50.7 Å². The van der Waals surface area contributed by atoms with Crippen molar-refractivity contribution in [2.45, 2.75) is 38.4 Å². The second-order valence-electron chi connectivity index (χ2n) is 7.37. The van der Waals surface area contributed by atoms with Gasteiger partial charge in [-0.05, 0) is 50.4 Å². The second kappa shape index (κ2) is 9.35. The Bertz CT molecular complexity index is 587. The van der Waals surface area contributed by atoms with Crippen LogP contribution in [0.5, 0.6) is 0 Å². The van der Waals surface area contributed by atoms with Gasteiger partial charge in [-0.2, -0.15) is 0 Å². The number of hydrogen-bond acceptors (Lipinski definition) is 5. The Labute approximate surface area is 156 Å². The van der Waals surface area contributed by atoms with Crippen molar-refractivity contribution >= 4 is 11.6 Å². The number of nitrogens with zero attached hydrogens (tertiary/aromatic N) is 2. The number of piperazine rings is 1. The van der Waals surface area contributed by atoms with Crippen molar-refractivity contribution in [3.8, 4) is 0 Å². The molecule has 6 heteroatoms. The minimum absolute atomic E-state index is 0.0187. The van der Waals surface area contributed by atoms with Crippen LogP contribution in [0.2, 0.25) is 0 Å².